The molecule has 0 spiro atoms. The van der Waals surface area contributed by atoms with Crippen LogP contribution in [0.1, 0.15) is 43.0 Å². The van der Waals surface area contributed by atoms with E-state index >= 15 is 0 Å². The predicted molar refractivity (Wildman–Crippen MR) is 92.9 cm³/mol. The molecule has 7 heteroatoms. The van der Waals surface area contributed by atoms with E-state index in [1.54, 1.807) is 31.8 Å². The van der Waals surface area contributed by atoms with Crippen molar-refractivity contribution >= 4 is 23.4 Å². The molecule has 1 aromatic carbocycles. The largest absolute Gasteiger partial charge is 0.340 e. The van der Waals surface area contributed by atoms with Crippen LogP contribution in [0.25, 0.3) is 0 Å². The van der Waals surface area contributed by atoms with Crippen LogP contribution in [0.15, 0.2) is 23.1 Å². The van der Waals surface area contributed by atoms with E-state index in [9.17, 15) is 14.9 Å². The molecule has 1 unspecified atom stereocenters. The van der Waals surface area contributed by atoms with E-state index in [0.29, 0.717) is 17.4 Å². The van der Waals surface area contributed by atoms with E-state index in [1.807, 2.05) is 0 Å². The van der Waals surface area contributed by atoms with Crippen molar-refractivity contribution in [2.75, 3.05) is 13.6 Å². The number of hydrogen-bond donors (Lipinski definition) is 0. The number of rotatable bonds is 6. The second-order valence-electron chi connectivity index (χ2n) is 6.18. The van der Waals surface area contributed by atoms with E-state index in [2.05, 4.69) is 6.07 Å². The molecule has 1 fully saturated rings. The normalized spacial score (nSPS) is 15.7. The first kappa shape index (κ1) is 18.3. The Hall–Kier alpha value is -2.07. The number of nitro benzene ring substituents is 1. The number of hydrogen-bond acceptors (Lipinski definition) is 5. The summed E-state index contributed by atoms with van der Waals surface area (Å²) in [5, 5.41) is 20.4. The van der Waals surface area contributed by atoms with E-state index < -0.39 is 4.92 Å². The maximum atomic E-state index is 12.7. The van der Waals surface area contributed by atoms with Gasteiger partial charge in [0, 0.05) is 35.9 Å². The zero-order chi connectivity index (χ0) is 17.7. The van der Waals surface area contributed by atoms with E-state index in [1.165, 1.54) is 29.9 Å². The Morgan fingerprint density at radius 3 is 2.75 bits per heavy atom. The molecular weight excluding hydrogens is 326 g/mol. The molecule has 1 saturated carbocycles. The van der Waals surface area contributed by atoms with Crippen molar-refractivity contribution in [1.29, 1.82) is 5.26 Å². The number of thioether (sulfide) groups is 1. The number of nitriles is 1. The Kier molecular flexibility index (Phi) is 6.21. The molecule has 2 rings (SSSR count). The lowest BCUT2D eigenvalue weighted by Gasteiger charge is -2.20. The first-order valence-corrected chi connectivity index (χ1v) is 8.90. The van der Waals surface area contributed by atoms with Crippen LogP contribution in [0.2, 0.25) is 0 Å². The Bertz CT molecular complexity index is 666. The van der Waals surface area contributed by atoms with Crippen LogP contribution in [-0.4, -0.2) is 34.6 Å². The Labute approximate surface area is 146 Å². The Morgan fingerprint density at radius 2 is 2.17 bits per heavy atom. The minimum atomic E-state index is -0.487. The zero-order valence-corrected chi connectivity index (χ0v) is 14.7. The van der Waals surface area contributed by atoms with Gasteiger partial charge in [-0.3, -0.25) is 14.9 Å². The quantitative estimate of drug-likeness (QED) is 0.576. The highest BCUT2D eigenvalue weighted by molar-refractivity contribution is 8.00. The fourth-order valence-electron chi connectivity index (χ4n) is 2.83. The summed E-state index contributed by atoms with van der Waals surface area (Å²) >= 11 is 1.63. The van der Waals surface area contributed by atoms with Crippen LogP contribution >= 0.6 is 11.8 Å². The highest BCUT2D eigenvalue weighted by Crippen LogP contribution is 2.37. The Morgan fingerprint density at radius 1 is 1.50 bits per heavy atom. The van der Waals surface area contributed by atoms with Crippen LogP contribution in [0.4, 0.5) is 5.69 Å². The van der Waals surface area contributed by atoms with Gasteiger partial charge in [0.15, 0.2) is 0 Å². The van der Waals surface area contributed by atoms with Crippen LogP contribution in [0.3, 0.4) is 0 Å². The van der Waals surface area contributed by atoms with Gasteiger partial charge in [-0.25, -0.2) is 0 Å². The summed E-state index contributed by atoms with van der Waals surface area (Å²) in [5.74, 6) is -0.565. The van der Waals surface area contributed by atoms with Gasteiger partial charge in [0.25, 0.3) is 11.6 Å². The summed E-state index contributed by atoms with van der Waals surface area (Å²) < 4.78 is 0. The monoisotopic (exact) mass is 347 g/mol. The van der Waals surface area contributed by atoms with Crippen molar-refractivity contribution < 1.29 is 9.72 Å². The van der Waals surface area contributed by atoms with Crippen LogP contribution in [-0.2, 0) is 0 Å². The van der Waals surface area contributed by atoms with Gasteiger partial charge >= 0.3 is 0 Å². The van der Waals surface area contributed by atoms with Crippen LogP contribution in [0, 0.1) is 27.4 Å². The minimum absolute atomic E-state index is 0.0872. The molecule has 0 bridgehead atoms. The number of carbonyl (C=O) groups excluding carboxylic acids is 1. The molecule has 6 nitrogen and oxygen atoms in total. The fraction of sp³-hybridized carbons (Fsp3) is 0.529. The third-order valence-electron chi connectivity index (χ3n) is 4.12. The van der Waals surface area contributed by atoms with E-state index in [4.69, 9.17) is 5.26 Å². The topological polar surface area (TPSA) is 87.2 Å². The van der Waals surface area contributed by atoms with Gasteiger partial charge in [0.2, 0.25) is 0 Å². The van der Waals surface area contributed by atoms with Crippen molar-refractivity contribution in [3.05, 3.63) is 33.9 Å². The molecule has 1 aliphatic carbocycles. The summed E-state index contributed by atoms with van der Waals surface area (Å²) in [5.41, 5.74) is 0.268. The summed E-state index contributed by atoms with van der Waals surface area (Å²) in [6, 6.07) is 6.58. The van der Waals surface area contributed by atoms with Crippen molar-refractivity contribution in [3.63, 3.8) is 0 Å². The lowest BCUT2D eigenvalue weighted by molar-refractivity contribution is -0.384. The van der Waals surface area contributed by atoms with Gasteiger partial charge in [0.1, 0.15) is 0 Å². The van der Waals surface area contributed by atoms with Gasteiger partial charge in [-0.15, -0.1) is 11.8 Å². The molecule has 24 heavy (non-hydrogen) atoms. The molecule has 0 aliphatic heterocycles. The number of benzene rings is 1. The molecular formula is C17H21N3O3S. The highest BCUT2D eigenvalue weighted by Gasteiger charge is 2.24. The molecule has 0 aromatic heterocycles. The number of non-ortho nitro benzene ring substituents is 1. The van der Waals surface area contributed by atoms with Gasteiger partial charge in [-0.2, -0.15) is 5.26 Å². The number of amides is 1. The summed E-state index contributed by atoms with van der Waals surface area (Å²) in [7, 11) is 1.62. The number of carbonyl (C=O) groups is 1. The molecule has 1 atom stereocenters. The van der Waals surface area contributed by atoms with Gasteiger partial charge in [-0.05, 0) is 25.8 Å². The smallest absolute Gasteiger partial charge is 0.270 e. The third-order valence-corrected chi connectivity index (χ3v) is 5.53. The lowest BCUT2D eigenvalue weighted by atomic mass is 10.1. The Balaban J connectivity index is 2.29. The predicted octanol–water partition coefficient (Wildman–Crippen LogP) is 3.86. The third kappa shape index (κ3) is 4.48. The van der Waals surface area contributed by atoms with Crippen molar-refractivity contribution in [1.82, 2.24) is 4.90 Å². The average Bonchev–Trinajstić information content (AvgIpc) is 3.07. The van der Waals surface area contributed by atoms with Gasteiger partial charge in [-0.1, -0.05) is 12.8 Å². The van der Waals surface area contributed by atoms with Gasteiger partial charge in [0.05, 0.1) is 22.5 Å². The van der Waals surface area contributed by atoms with Crippen LogP contribution < -0.4 is 0 Å². The highest BCUT2D eigenvalue weighted by atomic mass is 32.2. The number of nitrogens with zero attached hydrogens (tertiary/aromatic N) is 3. The number of nitro groups is 1. The second kappa shape index (κ2) is 8.15. The molecule has 1 aromatic rings. The van der Waals surface area contributed by atoms with E-state index in [0.717, 1.165) is 17.7 Å². The molecule has 0 radical (unpaired) electrons. The van der Waals surface area contributed by atoms with E-state index in [-0.39, 0.29) is 17.5 Å². The molecule has 128 valence electrons. The second-order valence-corrected chi connectivity index (χ2v) is 7.52. The maximum absolute atomic E-state index is 12.7. The first-order valence-electron chi connectivity index (χ1n) is 8.02. The van der Waals surface area contributed by atoms with Crippen molar-refractivity contribution in [2.45, 2.75) is 42.8 Å². The van der Waals surface area contributed by atoms with Crippen LogP contribution in [0.5, 0.6) is 0 Å². The summed E-state index contributed by atoms with van der Waals surface area (Å²) in [6.45, 7) is 2.04. The molecule has 0 saturated heterocycles. The fourth-order valence-corrected chi connectivity index (χ4v) is 4.18. The average molecular weight is 347 g/mol. The maximum Gasteiger partial charge on any atom is 0.270 e. The van der Waals surface area contributed by atoms with Crippen molar-refractivity contribution in [3.8, 4) is 6.07 Å². The van der Waals surface area contributed by atoms with Crippen molar-refractivity contribution in [2.24, 2.45) is 5.92 Å². The molecule has 0 heterocycles. The first-order chi connectivity index (χ1) is 11.4. The molecule has 0 N–H and O–H groups in total. The SMILES string of the molecule is CC(C#N)CN(C)C(=O)c1cc([N+](=O)[O-])ccc1SC1CCCC1. The molecule has 1 aliphatic rings. The van der Waals surface area contributed by atoms with Gasteiger partial charge < -0.3 is 4.90 Å². The summed E-state index contributed by atoms with van der Waals surface area (Å²) in [6.07, 6.45) is 4.59. The standard InChI is InChI=1S/C17H21N3O3S/c1-12(10-18)11-19(2)17(21)15-9-13(20(22)23)7-8-16(15)24-14-5-3-4-6-14/h7-9,12,14H,3-6,11H2,1-2H3. The zero-order valence-electron chi connectivity index (χ0n) is 13.9. The minimum Gasteiger partial charge on any atom is -0.340 e. The lowest BCUT2D eigenvalue weighted by Crippen LogP contribution is -2.31. The molecule has 1 amide bonds. The summed E-state index contributed by atoms with van der Waals surface area (Å²) in [4.78, 5) is 25.6.